The minimum Gasteiger partial charge on any atom is -0.507 e. The highest BCUT2D eigenvalue weighted by Gasteiger charge is 2.15. The van der Waals surface area contributed by atoms with Crippen LogP contribution in [0, 0.1) is 5.92 Å². The second kappa shape index (κ2) is 6.35. The van der Waals surface area contributed by atoms with Gasteiger partial charge < -0.3 is 14.8 Å². The number of nitrogens with one attached hydrogen (secondary N) is 1. The molecule has 3 aromatic rings. The van der Waals surface area contributed by atoms with Gasteiger partial charge in [-0.25, -0.2) is 4.98 Å². The van der Waals surface area contributed by atoms with Gasteiger partial charge in [0, 0.05) is 11.6 Å². The van der Waals surface area contributed by atoms with Gasteiger partial charge in [0.15, 0.2) is 5.58 Å². The zero-order valence-electron chi connectivity index (χ0n) is 14.0. The smallest absolute Gasteiger partial charge is 0.231 e. The summed E-state index contributed by atoms with van der Waals surface area (Å²) in [6.45, 7) is 5.72. The van der Waals surface area contributed by atoms with Crippen LogP contribution < -0.4 is 5.32 Å². The average Bonchev–Trinajstić information content (AvgIpc) is 2.99. The molecule has 2 N–H and O–H groups in total. The molecular weight excluding hydrogens is 304 g/mol. The molecule has 0 fully saturated rings. The van der Waals surface area contributed by atoms with Crippen molar-refractivity contribution >= 4 is 22.7 Å². The predicted molar refractivity (Wildman–Crippen MR) is 94.0 cm³/mol. The van der Waals surface area contributed by atoms with Crippen LogP contribution in [0.4, 0.5) is 5.69 Å². The Balaban J connectivity index is 2.00. The first kappa shape index (κ1) is 16.1. The van der Waals surface area contributed by atoms with Crippen LogP contribution in [0.1, 0.15) is 26.3 Å². The summed E-state index contributed by atoms with van der Waals surface area (Å²) < 4.78 is 5.76. The van der Waals surface area contributed by atoms with Crippen molar-refractivity contribution in [1.29, 1.82) is 0 Å². The molecule has 5 heteroatoms. The summed E-state index contributed by atoms with van der Waals surface area (Å²) in [5.41, 5.74) is 3.63. The Hall–Kier alpha value is -2.82. The van der Waals surface area contributed by atoms with Crippen LogP contribution in [-0.4, -0.2) is 16.0 Å². The highest BCUT2D eigenvalue weighted by atomic mass is 16.3. The Bertz CT molecular complexity index is 897. The molecule has 1 amide bonds. The fourth-order valence-corrected chi connectivity index (χ4v) is 2.38. The van der Waals surface area contributed by atoms with E-state index in [2.05, 4.69) is 17.2 Å². The number of amides is 1. The van der Waals surface area contributed by atoms with Crippen LogP contribution >= 0.6 is 0 Å². The van der Waals surface area contributed by atoms with Gasteiger partial charge in [0.2, 0.25) is 11.8 Å². The van der Waals surface area contributed by atoms with Crippen molar-refractivity contribution < 1.29 is 14.3 Å². The molecule has 0 atom stereocenters. The number of hydrogen-bond donors (Lipinski definition) is 2. The number of fused-ring (bicyclic) bond motifs is 1. The molecule has 1 heterocycles. The molecule has 0 saturated carbocycles. The zero-order chi connectivity index (χ0) is 17.3. The fourth-order valence-electron chi connectivity index (χ4n) is 2.38. The van der Waals surface area contributed by atoms with Gasteiger partial charge in [-0.3, -0.25) is 4.79 Å². The van der Waals surface area contributed by atoms with Crippen LogP contribution in [0.5, 0.6) is 5.75 Å². The van der Waals surface area contributed by atoms with Crippen LogP contribution in [0.15, 0.2) is 40.8 Å². The standard InChI is InChI=1S/C19H20N2O3/c1-4-12-5-8-17-15(9-12)21-19(24-17)14-10-13(6-7-16(14)22)20-18(23)11(2)3/h5-11,22H,4H2,1-3H3,(H,20,23). The van der Waals surface area contributed by atoms with Crippen molar-refractivity contribution in [3.05, 3.63) is 42.0 Å². The first-order chi connectivity index (χ1) is 11.5. The number of phenolic OH excluding ortho intramolecular Hbond substituents is 1. The van der Waals surface area contributed by atoms with Crippen molar-refractivity contribution in [2.75, 3.05) is 5.32 Å². The molecule has 3 rings (SSSR count). The van der Waals surface area contributed by atoms with Crippen molar-refractivity contribution in [1.82, 2.24) is 4.98 Å². The number of aromatic nitrogens is 1. The van der Waals surface area contributed by atoms with E-state index in [0.717, 1.165) is 11.9 Å². The molecule has 124 valence electrons. The van der Waals surface area contributed by atoms with E-state index in [1.54, 1.807) is 12.1 Å². The molecular formula is C19H20N2O3. The minimum absolute atomic E-state index is 0.0554. The lowest BCUT2D eigenvalue weighted by Gasteiger charge is -2.09. The van der Waals surface area contributed by atoms with Crippen LogP contribution in [0.25, 0.3) is 22.6 Å². The number of oxazole rings is 1. The Morgan fingerprint density at radius 3 is 2.75 bits per heavy atom. The number of rotatable bonds is 4. The molecule has 0 unspecified atom stereocenters. The van der Waals surface area contributed by atoms with Crippen LogP contribution in [-0.2, 0) is 11.2 Å². The van der Waals surface area contributed by atoms with Gasteiger partial charge >= 0.3 is 0 Å². The van der Waals surface area contributed by atoms with Gasteiger partial charge in [0.1, 0.15) is 11.3 Å². The second-order valence-electron chi connectivity index (χ2n) is 6.05. The number of carbonyl (C=O) groups is 1. The van der Waals surface area contributed by atoms with E-state index in [9.17, 15) is 9.90 Å². The maximum absolute atomic E-state index is 11.8. The van der Waals surface area contributed by atoms with Crippen molar-refractivity contribution in [3.8, 4) is 17.2 Å². The van der Waals surface area contributed by atoms with Crippen LogP contribution in [0.3, 0.4) is 0 Å². The average molecular weight is 324 g/mol. The first-order valence-electron chi connectivity index (χ1n) is 8.01. The molecule has 0 spiro atoms. The lowest BCUT2D eigenvalue weighted by atomic mass is 10.1. The molecule has 0 aliphatic rings. The van der Waals surface area contributed by atoms with E-state index in [0.29, 0.717) is 22.7 Å². The van der Waals surface area contributed by atoms with Gasteiger partial charge in [-0.05, 0) is 42.3 Å². The maximum atomic E-state index is 11.8. The Kier molecular flexibility index (Phi) is 4.25. The molecule has 1 aromatic heterocycles. The van der Waals surface area contributed by atoms with Crippen molar-refractivity contribution in [3.63, 3.8) is 0 Å². The lowest BCUT2D eigenvalue weighted by Crippen LogP contribution is -2.17. The normalized spacial score (nSPS) is 11.2. The third kappa shape index (κ3) is 3.11. The van der Waals surface area contributed by atoms with Gasteiger partial charge in [0.25, 0.3) is 0 Å². The minimum atomic E-state index is -0.126. The Morgan fingerprint density at radius 1 is 1.25 bits per heavy atom. The molecule has 24 heavy (non-hydrogen) atoms. The SMILES string of the molecule is CCc1ccc2oc(-c3cc(NC(=O)C(C)C)ccc3O)nc2c1. The highest BCUT2D eigenvalue weighted by Crippen LogP contribution is 2.33. The van der Waals surface area contributed by atoms with E-state index >= 15 is 0 Å². The van der Waals surface area contributed by atoms with E-state index in [1.807, 2.05) is 32.0 Å². The number of benzene rings is 2. The number of hydrogen-bond acceptors (Lipinski definition) is 4. The van der Waals surface area contributed by atoms with E-state index in [1.165, 1.54) is 11.6 Å². The number of aryl methyl sites for hydroxylation is 1. The number of nitrogens with zero attached hydrogens (tertiary/aromatic N) is 1. The summed E-state index contributed by atoms with van der Waals surface area (Å²) in [6.07, 6.45) is 0.917. The Labute approximate surface area is 140 Å². The number of anilines is 1. The summed E-state index contributed by atoms with van der Waals surface area (Å²) in [5, 5.41) is 13.0. The molecule has 0 aliphatic heterocycles. The molecule has 0 aliphatic carbocycles. The van der Waals surface area contributed by atoms with Gasteiger partial charge in [-0.1, -0.05) is 26.8 Å². The van der Waals surface area contributed by atoms with Gasteiger partial charge in [-0.2, -0.15) is 0 Å². The lowest BCUT2D eigenvalue weighted by molar-refractivity contribution is -0.118. The number of phenols is 1. The zero-order valence-corrected chi connectivity index (χ0v) is 14.0. The maximum Gasteiger partial charge on any atom is 0.231 e. The van der Waals surface area contributed by atoms with Gasteiger partial charge in [-0.15, -0.1) is 0 Å². The summed E-state index contributed by atoms with van der Waals surface area (Å²) in [7, 11) is 0. The summed E-state index contributed by atoms with van der Waals surface area (Å²) >= 11 is 0. The van der Waals surface area contributed by atoms with E-state index in [-0.39, 0.29) is 17.6 Å². The second-order valence-corrected chi connectivity index (χ2v) is 6.05. The largest absolute Gasteiger partial charge is 0.507 e. The molecule has 5 nitrogen and oxygen atoms in total. The molecule has 0 radical (unpaired) electrons. The van der Waals surface area contributed by atoms with Crippen molar-refractivity contribution in [2.24, 2.45) is 5.92 Å². The predicted octanol–water partition coefficient (Wildman–Crippen LogP) is 4.36. The van der Waals surface area contributed by atoms with Crippen molar-refractivity contribution in [2.45, 2.75) is 27.2 Å². The van der Waals surface area contributed by atoms with E-state index < -0.39 is 0 Å². The number of aromatic hydroxyl groups is 1. The fraction of sp³-hybridized carbons (Fsp3) is 0.263. The third-order valence-corrected chi connectivity index (χ3v) is 3.88. The Morgan fingerprint density at radius 2 is 2.04 bits per heavy atom. The first-order valence-corrected chi connectivity index (χ1v) is 8.01. The third-order valence-electron chi connectivity index (χ3n) is 3.88. The topological polar surface area (TPSA) is 75.4 Å². The highest BCUT2D eigenvalue weighted by molar-refractivity contribution is 5.93. The molecule has 2 aromatic carbocycles. The van der Waals surface area contributed by atoms with Crippen LogP contribution in [0.2, 0.25) is 0 Å². The molecule has 0 bridgehead atoms. The summed E-state index contributed by atoms with van der Waals surface area (Å²) in [4.78, 5) is 16.3. The van der Waals surface area contributed by atoms with Gasteiger partial charge in [0.05, 0.1) is 5.56 Å². The quantitative estimate of drug-likeness (QED) is 0.699. The summed E-state index contributed by atoms with van der Waals surface area (Å²) in [5.74, 6) is 0.173. The van der Waals surface area contributed by atoms with E-state index in [4.69, 9.17) is 4.42 Å². The number of carbonyl (C=O) groups excluding carboxylic acids is 1. The summed E-state index contributed by atoms with van der Waals surface area (Å²) in [6, 6.07) is 10.7. The molecule has 0 saturated heterocycles. The monoisotopic (exact) mass is 324 g/mol.